The van der Waals surface area contributed by atoms with E-state index in [9.17, 15) is 9.59 Å². The Hall–Kier alpha value is -3.04. The Morgan fingerprint density at radius 2 is 2.14 bits per heavy atom. The number of nitrogens with zero attached hydrogens (tertiary/aromatic N) is 1. The van der Waals surface area contributed by atoms with E-state index >= 15 is 0 Å². The quantitative estimate of drug-likeness (QED) is 0.562. The molecule has 3 amide bonds. The Morgan fingerprint density at radius 1 is 1.31 bits per heavy atom. The molecule has 0 saturated carbocycles. The number of benzene rings is 1. The molecule has 1 aliphatic heterocycles. The van der Waals surface area contributed by atoms with Crippen LogP contribution in [0.3, 0.4) is 0 Å². The van der Waals surface area contributed by atoms with Gasteiger partial charge in [0.1, 0.15) is 10.9 Å². The zero-order valence-corrected chi connectivity index (χ0v) is 16.9. The first-order valence-electron chi connectivity index (χ1n) is 8.90. The summed E-state index contributed by atoms with van der Waals surface area (Å²) in [6, 6.07) is 7.80. The standard InChI is InChI=1S/C20H18ClN5O2S/c21-16-6-4-12(8-13(16)10-22)3-5-15-9-17(26-20(23)28)18(29-15)19(27)25-14-2-1-7-24-11-14/h4,6,8-9,14,24H,1-2,7,11H2,(H,25,27)(H3,23,26,28)/t14-/m0/s1. The van der Waals surface area contributed by atoms with Crippen molar-refractivity contribution in [3.63, 3.8) is 0 Å². The first-order chi connectivity index (χ1) is 14.0. The van der Waals surface area contributed by atoms with Gasteiger partial charge in [-0.25, -0.2) is 4.79 Å². The van der Waals surface area contributed by atoms with E-state index in [-0.39, 0.29) is 11.9 Å². The number of thiophene rings is 1. The van der Waals surface area contributed by atoms with Gasteiger partial charge in [0.05, 0.1) is 21.2 Å². The highest BCUT2D eigenvalue weighted by molar-refractivity contribution is 7.15. The van der Waals surface area contributed by atoms with Crippen molar-refractivity contribution < 1.29 is 9.59 Å². The Balaban J connectivity index is 1.84. The molecule has 1 aliphatic rings. The number of anilines is 1. The normalized spacial score (nSPS) is 15.5. The van der Waals surface area contributed by atoms with E-state index in [1.54, 1.807) is 24.3 Å². The van der Waals surface area contributed by atoms with Gasteiger partial charge in [0.25, 0.3) is 5.91 Å². The topological polar surface area (TPSA) is 120 Å². The second kappa shape index (κ2) is 9.44. The third kappa shape index (κ3) is 5.49. The van der Waals surface area contributed by atoms with Crippen LogP contribution < -0.4 is 21.7 Å². The molecular formula is C20H18ClN5O2S. The van der Waals surface area contributed by atoms with Crippen LogP contribution in [0.5, 0.6) is 0 Å². The Kier molecular flexibility index (Phi) is 6.73. The summed E-state index contributed by atoms with van der Waals surface area (Å²) in [5, 5.41) is 18.1. The predicted octanol–water partition coefficient (Wildman–Crippen LogP) is 2.65. The van der Waals surface area contributed by atoms with Crippen LogP contribution in [0.4, 0.5) is 10.5 Å². The van der Waals surface area contributed by atoms with Crippen molar-refractivity contribution in [1.82, 2.24) is 10.6 Å². The van der Waals surface area contributed by atoms with Crippen molar-refractivity contribution in [3.8, 4) is 17.9 Å². The van der Waals surface area contributed by atoms with Crippen molar-refractivity contribution in [3.05, 3.63) is 50.2 Å². The summed E-state index contributed by atoms with van der Waals surface area (Å²) in [6.45, 7) is 1.65. The van der Waals surface area contributed by atoms with E-state index in [4.69, 9.17) is 22.6 Å². The summed E-state index contributed by atoms with van der Waals surface area (Å²) in [4.78, 5) is 24.9. The van der Waals surface area contributed by atoms with Crippen LogP contribution in [-0.4, -0.2) is 31.1 Å². The largest absolute Gasteiger partial charge is 0.351 e. The fourth-order valence-electron chi connectivity index (χ4n) is 2.90. The van der Waals surface area contributed by atoms with Gasteiger partial charge in [0.15, 0.2) is 0 Å². The lowest BCUT2D eigenvalue weighted by Gasteiger charge is -2.23. The molecule has 3 rings (SSSR count). The minimum absolute atomic E-state index is 0.0350. The summed E-state index contributed by atoms with van der Waals surface area (Å²) < 4.78 is 0. The molecule has 0 bridgehead atoms. The van der Waals surface area contributed by atoms with E-state index in [0.29, 0.717) is 38.1 Å². The predicted molar refractivity (Wildman–Crippen MR) is 113 cm³/mol. The molecular weight excluding hydrogens is 410 g/mol. The van der Waals surface area contributed by atoms with Crippen LogP contribution in [0.25, 0.3) is 0 Å². The number of nitriles is 1. The number of halogens is 1. The van der Waals surface area contributed by atoms with Crippen molar-refractivity contribution in [2.45, 2.75) is 18.9 Å². The molecule has 0 unspecified atom stereocenters. The summed E-state index contributed by atoms with van der Waals surface area (Å²) in [5.74, 6) is 5.62. The summed E-state index contributed by atoms with van der Waals surface area (Å²) >= 11 is 7.09. The van der Waals surface area contributed by atoms with E-state index < -0.39 is 6.03 Å². The second-order valence-electron chi connectivity index (χ2n) is 6.42. The molecule has 1 atom stereocenters. The van der Waals surface area contributed by atoms with E-state index in [1.807, 2.05) is 6.07 Å². The van der Waals surface area contributed by atoms with Gasteiger partial charge in [-0.15, -0.1) is 11.3 Å². The first kappa shape index (κ1) is 20.7. The number of piperidine rings is 1. The van der Waals surface area contributed by atoms with Crippen LogP contribution in [-0.2, 0) is 0 Å². The smallest absolute Gasteiger partial charge is 0.316 e. The zero-order valence-electron chi connectivity index (χ0n) is 15.3. The van der Waals surface area contributed by atoms with Gasteiger partial charge in [-0.1, -0.05) is 23.4 Å². The highest BCUT2D eigenvalue weighted by Crippen LogP contribution is 2.27. The third-order valence-corrected chi connectivity index (χ3v) is 5.62. The van der Waals surface area contributed by atoms with Gasteiger partial charge in [-0.05, 0) is 43.7 Å². The molecule has 0 spiro atoms. The molecule has 1 aromatic carbocycles. The summed E-state index contributed by atoms with van der Waals surface area (Å²) in [5.41, 5.74) is 6.50. The fourth-order valence-corrected chi connectivity index (χ4v) is 3.93. The third-order valence-electron chi connectivity index (χ3n) is 4.25. The van der Waals surface area contributed by atoms with Gasteiger partial charge in [0, 0.05) is 18.2 Å². The van der Waals surface area contributed by atoms with Crippen LogP contribution >= 0.6 is 22.9 Å². The molecule has 0 aliphatic carbocycles. The monoisotopic (exact) mass is 427 g/mol. The van der Waals surface area contributed by atoms with E-state index in [0.717, 1.165) is 30.7 Å². The Labute approximate surface area is 177 Å². The van der Waals surface area contributed by atoms with Crippen LogP contribution in [0.1, 0.15) is 38.5 Å². The zero-order chi connectivity index (χ0) is 20.8. The molecule has 9 heteroatoms. The molecule has 2 aromatic rings. The highest BCUT2D eigenvalue weighted by atomic mass is 35.5. The van der Waals surface area contributed by atoms with Gasteiger partial charge >= 0.3 is 6.03 Å². The number of hydrogen-bond acceptors (Lipinski definition) is 5. The number of urea groups is 1. The molecule has 1 saturated heterocycles. The maximum absolute atomic E-state index is 12.7. The molecule has 148 valence electrons. The number of nitrogens with one attached hydrogen (secondary N) is 3. The molecule has 2 heterocycles. The highest BCUT2D eigenvalue weighted by Gasteiger charge is 2.21. The van der Waals surface area contributed by atoms with Crippen LogP contribution in [0.2, 0.25) is 5.02 Å². The van der Waals surface area contributed by atoms with Gasteiger partial charge < -0.3 is 21.7 Å². The number of amides is 3. The van der Waals surface area contributed by atoms with Gasteiger partial charge in [-0.2, -0.15) is 5.26 Å². The maximum Gasteiger partial charge on any atom is 0.316 e. The van der Waals surface area contributed by atoms with E-state index in [1.165, 1.54) is 0 Å². The lowest BCUT2D eigenvalue weighted by atomic mass is 10.1. The molecule has 0 radical (unpaired) electrons. The molecule has 5 N–H and O–H groups in total. The molecule has 1 fully saturated rings. The average molecular weight is 428 g/mol. The van der Waals surface area contributed by atoms with Gasteiger partial charge in [0.2, 0.25) is 0 Å². The summed E-state index contributed by atoms with van der Waals surface area (Å²) in [7, 11) is 0. The SMILES string of the molecule is N#Cc1cc(C#Cc2cc(NC(N)=O)c(C(=O)N[C@H]3CCCNC3)s2)ccc1Cl. The van der Waals surface area contributed by atoms with Crippen molar-refractivity contribution in [2.24, 2.45) is 5.73 Å². The number of primary amides is 1. The molecule has 7 nitrogen and oxygen atoms in total. The summed E-state index contributed by atoms with van der Waals surface area (Å²) in [6.07, 6.45) is 1.89. The molecule has 1 aromatic heterocycles. The molecule has 29 heavy (non-hydrogen) atoms. The lowest BCUT2D eigenvalue weighted by molar-refractivity contribution is 0.0935. The van der Waals surface area contributed by atoms with Crippen molar-refractivity contribution >= 4 is 40.6 Å². The van der Waals surface area contributed by atoms with Crippen LogP contribution in [0, 0.1) is 23.2 Å². The number of nitrogens with two attached hydrogens (primary N) is 1. The Morgan fingerprint density at radius 3 is 2.83 bits per heavy atom. The maximum atomic E-state index is 12.7. The number of carbonyl (C=O) groups is 2. The van der Waals surface area contributed by atoms with E-state index in [2.05, 4.69) is 27.8 Å². The average Bonchev–Trinajstić information content (AvgIpc) is 3.10. The number of hydrogen-bond donors (Lipinski definition) is 4. The van der Waals surface area contributed by atoms with Crippen LogP contribution in [0.15, 0.2) is 24.3 Å². The minimum atomic E-state index is -0.757. The Bertz CT molecular complexity index is 1040. The fraction of sp³-hybridized carbons (Fsp3) is 0.250. The number of carbonyl (C=O) groups excluding carboxylic acids is 2. The first-order valence-corrected chi connectivity index (χ1v) is 10.1. The second-order valence-corrected chi connectivity index (χ2v) is 7.88. The van der Waals surface area contributed by atoms with Gasteiger partial charge in [-0.3, -0.25) is 4.79 Å². The number of rotatable bonds is 3. The lowest BCUT2D eigenvalue weighted by Crippen LogP contribution is -2.45. The minimum Gasteiger partial charge on any atom is -0.351 e. The van der Waals surface area contributed by atoms with Crippen molar-refractivity contribution in [1.29, 1.82) is 5.26 Å². The van der Waals surface area contributed by atoms with Crippen molar-refractivity contribution in [2.75, 3.05) is 18.4 Å².